The Morgan fingerprint density at radius 2 is 1.39 bits per heavy atom. The van der Waals surface area contributed by atoms with Crippen molar-refractivity contribution in [2.45, 2.75) is 59.7 Å². The van der Waals surface area contributed by atoms with Crippen molar-refractivity contribution in [1.82, 2.24) is 4.90 Å². The van der Waals surface area contributed by atoms with Crippen LogP contribution in [0.25, 0.3) is 0 Å². The van der Waals surface area contributed by atoms with E-state index in [0.717, 1.165) is 12.6 Å². The normalized spacial score (nSPS) is 13.0. The van der Waals surface area contributed by atoms with Crippen molar-refractivity contribution in [1.29, 1.82) is 0 Å². The van der Waals surface area contributed by atoms with E-state index in [1.807, 2.05) is 13.8 Å². The van der Waals surface area contributed by atoms with E-state index in [1.54, 1.807) is 7.11 Å². The van der Waals surface area contributed by atoms with E-state index in [0.29, 0.717) is 25.3 Å². The molecule has 0 bridgehead atoms. The summed E-state index contributed by atoms with van der Waals surface area (Å²) in [7, 11) is -0.765. The topological polar surface area (TPSA) is 30.9 Å². The third kappa shape index (κ3) is 5.80. The van der Waals surface area contributed by atoms with Crippen LogP contribution in [0.3, 0.4) is 0 Å². The first-order valence-corrected chi connectivity index (χ1v) is 8.94. The van der Waals surface area contributed by atoms with Gasteiger partial charge in [0.25, 0.3) is 0 Å². The lowest BCUT2D eigenvalue weighted by molar-refractivity contribution is 0.0788. The minimum Gasteiger partial charge on any atom is -0.377 e. The summed E-state index contributed by atoms with van der Waals surface area (Å²) >= 11 is 0. The van der Waals surface area contributed by atoms with Crippen LogP contribution in [0.1, 0.15) is 41.5 Å². The van der Waals surface area contributed by atoms with Gasteiger partial charge in [-0.3, -0.25) is 4.90 Å². The third-order valence-electron chi connectivity index (χ3n) is 3.04. The van der Waals surface area contributed by atoms with E-state index in [1.165, 1.54) is 0 Å². The molecule has 4 nitrogen and oxygen atoms in total. The molecule has 0 unspecified atom stereocenters. The van der Waals surface area contributed by atoms with Crippen molar-refractivity contribution in [2.24, 2.45) is 0 Å². The van der Waals surface area contributed by atoms with Crippen molar-refractivity contribution >= 4 is 8.80 Å². The van der Waals surface area contributed by atoms with Gasteiger partial charge in [-0.25, -0.2) is 0 Å². The van der Waals surface area contributed by atoms with Gasteiger partial charge in [-0.05, 0) is 41.5 Å². The zero-order chi connectivity index (χ0) is 14.2. The maximum Gasteiger partial charge on any atom is 0.501 e. The van der Waals surface area contributed by atoms with E-state index in [9.17, 15) is 0 Å². The average molecular weight is 277 g/mol. The Hall–Kier alpha value is 0.0569. The number of hydrogen-bond acceptors (Lipinski definition) is 4. The highest BCUT2D eigenvalue weighted by atomic mass is 28.4. The molecule has 0 fully saturated rings. The van der Waals surface area contributed by atoms with Gasteiger partial charge in [-0.2, -0.15) is 0 Å². The predicted molar refractivity (Wildman–Crippen MR) is 77.8 cm³/mol. The summed E-state index contributed by atoms with van der Waals surface area (Å²) in [6.45, 7) is 15.1. The summed E-state index contributed by atoms with van der Waals surface area (Å²) < 4.78 is 17.2. The molecule has 0 heterocycles. The largest absolute Gasteiger partial charge is 0.501 e. The maximum atomic E-state index is 5.80. The number of nitrogens with zero attached hydrogens (tertiary/aromatic N) is 1. The summed E-state index contributed by atoms with van der Waals surface area (Å²) in [5.41, 5.74) is 0. The number of hydrogen-bond donors (Lipinski definition) is 0. The molecule has 0 N–H and O–H groups in total. The van der Waals surface area contributed by atoms with Gasteiger partial charge in [0, 0.05) is 45.0 Å². The fourth-order valence-corrected chi connectivity index (χ4v) is 4.45. The van der Waals surface area contributed by atoms with E-state index in [-0.39, 0.29) is 0 Å². The first-order chi connectivity index (χ1) is 8.42. The first kappa shape index (κ1) is 18.1. The van der Waals surface area contributed by atoms with Crippen LogP contribution in [0.5, 0.6) is 0 Å². The van der Waals surface area contributed by atoms with Gasteiger partial charge in [-0.15, -0.1) is 0 Å². The average Bonchev–Trinajstić information content (AvgIpc) is 2.28. The Kier molecular flexibility index (Phi) is 9.07. The zero-order valence-corrected chi connectivity index (χ0v) is 14.2. The van der Waals surface area contributed by atoms with Gasteiger partial charge in [-0.1, -0.05) is 0 Å². The monoisotopic (exact) mass is 277 g/mol. The van der Waals surface area contributed by atoms with Crippen LogP contribution in [-0.2, 0) is 13.3 Å². The molecule has 5 heteroatoms. The highest BCUT2D eigenvalue weighted by molar-refractivity contribution is 6.60. The molecular weight excluding hydrogens is 246 g/mol. The Balaban J connectivity index is 4.56. The molecule has 0 saturated heterocycles. The van der Waals surface area contributed by atoms with E-state index in [4.69, 9.17) is 13.3 Å². The Morgan fingerprint density at radius 1 is 0.944 bits per heavy atom. The highest BCUT2D eigenvalue weighted by Gasteiger charge is 2.39. The lowest BCUT2D eigenvalue weighted by Gasteiger charge is -2.34. The van der Waals surface area contributed by atoms with E-state index >= 15 is 0 Å². The summed E-state index contributed by atoms with van der Waals surface area (Å²) in [5, 5.41) is 0. The van der Waals surface area contributed by atoms with Crippen LogP contribution in [-0.4, -0.2) is 52.7 Å². The van der Waals surface area contributed by atoms with Gasteiger partial charge in [0.2, 0.25) is 0 Å². The maximum absolute atomic E-state index is 5.80. The second-order valence-electron chi connectivity index (χ2n) is 4.93. The van der Waals surface area contributed by atoms with Gasteiger partial charge in [0.1, 0.15) is 0 Å². The second kappa shape index (κ2) is 9.04. The molecule has 0 amide bonds. The molecule has 0 aliphatic rings. The molecule has 0 aromatic rings. The summed E-state index contributed by atoms with van der Waals surface area (Å²) in [6, 6.07) is 1.90. The summed E-state index contributed by atoms with van der Waals surface area (Å²) in [5.74, 6) is 0. The molecule has 0 rings (SSSR count). The Bertz CT molecular complexity index is 198. The standard InChI is InChI=1S/C13H31NO3Si/c1-8-16-18(15-7,17-9-2)11-10-14(12(3)4)13(5)6/h12-13H,8-11H2,1-7H3. The minimum absolute atomic E-state index is 0.525. The zero-order valence-electron chi connectivity index (χ0n) is 13.2. The van der Waals surface area contributed by atoms with Crippen molar-refractivity contribution in [3.8, 4) is 0 Å². The van der Waals surface area contributed by atoms with E-state index < -0.39 is 8.80 Å². The molecule has 0 aliphatic heterocycles. The molecule has 0 aromatic carbocycles. The van der Waals surface area contributed by atoms with Crippen LogP contribution < -0.4 is 0 Å². The second-order valence-corrected chi connectivity index (χ2v) is 7.78. The van der Waals surface area contributed by atoms with Gasteiger partial charge < -0.3 is 13.3 Å². The van der Waals surface area contributed by atoms with Crippen LogP contribution in [0.15, 0.2) is 0 Å². The minimum atomic E-state index is -2.47. The predicted octanol–water partition coefficient (Wildman–Crippen LogP) is 2.76. The van der Waals surface area contributed by atoms with Gasteiger partial charge in [0.15, 0.2) is 0 Å². The van der Waals surface area contributed by atoms with Crippen LogP contribution in [0.4, 0.5) is 0 Å². The molecule has 0 saturated carbocycles. The molecule has 0 atom stereocenters. The first-order valence-electron chi connectivity index (χ1n) is 7.01. The Labute approximate surface area is 114 Å². The fourth-order valence-electron chi connectivity index (χ4n) is 2.22. The molecular formula is C13H31NO3Si. The van der Waals surface area contributed by atoms with Crippen molar-refractivity contribution in [3.05, 3.63) is 0 Å². The van der Waals surface area contributed by atoms with Crippen molar-refractivity contribution < 1.29 is 13.3 Å². The fraction of sp³-hybridized carbons (Fsp3) is 1.00. The quantitative estimate of drug-likeness (QED) is 0.575. The lowest BCUT2D eigenvalue weighted by atomic mass is 10.2. The molecule has 110 valence electrons. The smallest absolute Gasteiger partial charge is 0.377 e. The summed E-state index contributed by atoms with van der Waals surface area (Å²) in [4.78, 5) is 2.44. The molecule has 0 radical (unpaired) electrons. The number of rotatable bonds is 10. The van der Waals surface area contributed by atoms with Gasteiger partial charge >= 0.3 is 8.80 Å². The Morgan fingerprint density at radius 3 is 1.67 bits per heavy atom. The SMILES string of the molecule is CCO[Si](CCN(C(C)C)C(C)C)(OC)OCC. The van der Waals surface area contributed by atoms with Gasteiger partial charge in [0.05, 0.1) is 0 Å². The molecule has 0 spiro atoms. The highest BCUT2D eigenvalue weighted by Crippen LogP contribution is 2.17. The van der Waals surface area contributed by atoms with Crippen molar-refractivity contribution in [2.75, 3.05) is 26.9 Å². The van der Waals surface area contributed by atoms with E-state index in [2.05, 4.69) is 32.6 Å². The summed E-state index contributed by atoms with van der Waals surface area (Å²) in [6.07, 6.45) is 0. The van der Waals surface area contributed by atoms with Crippen LogP contribution >= 0.6 is 0 Å². The molecule has 18 heavy (non-hydrogen) atoms. The third-order valence-corrected chi connectivity index (χ3v) is 5.96. The van der Waals surface area contributed by atoms with Crippen molar-refractivity contribution in [3.63, 3.8) is 0 Å². The van der Waals surface area contributed by atoms with Crippen LogP contribution in [0, 0.1) is 0 Å². The molecule has 0 aromatic heterocycles. The van der Waals surface area contributed by atoms with Crippen LogP contribution in [0.2, 0.25) is 6.04 Å². The molecule has 0 aliphatic carbocycles. The lowest BCUT2D eigenvalue weighted by Crippen LogP contribution is -2.49.